The van der Waals surface area contributed by atoms with Crippen molar-refractivity contribution in [3.05, 3.63) is 48.0 Å². The number of nitrogens with one attached hydrogen (secondary N) is 3. The molecule has 3 unspecified atom stereocenters. The number of anilines is 2. The van der Waals surface area contributed by atoms with Crippen LogP contribution in [0.2, 0.25) is 0 Å². The zero-order chi connectivity index (χ0) is 21.1. The molecule has 0 saturated carbocycles. The lowest BCUT2D eigenvalue weighted by atomic mass is 9.80. The number of carbonyl (C=O) groups excluding carboxylic acids is 1. The van der Waals surface area contributed by atoms with E-state index in [-0.39, 0.29) is 17.4 Å². The van der Waals surface area contributed by atoms with E-state index in [1.807, 2.05) is 12.1 Å². The Kier molecular flexibility index (Phi) is 5.97. The number of hydrogen-bond donors (Lipinski definition) is 3. The standard InChI is InChI=1S/C22H27N3O4S/c1-28-20-11-15(29-9-10-30(2)27)7-8-18(20)25-21(26)19-12-22(14-24-19)13-23-17-6-4-3-5-16(17)22/h3-8,11,19,23-24H,9-10,12-14H2,1-2H3,(H,25,26). The van der Waals surface area contributed by atoms with Gasteiger partial charge in [-0.25, -0.2) is 0 Å². The Bertz CT molecular complexity index is 967. The van der Waals surface area contributed by atoms with Gasteiger partial charge >= 0.3 is 0 Å². The van der Waals surface area contributed by atoms with Crippen LogP contribution in [0.4, 0.5) is 11.4 Å². The minimum Gasteiger partial charge on any atom is -0.494 e. The van der Waals surface area contributed by atoms with Gasteiger partial charge in [-0.05, 0) is 30.2 Å². The number of hydrogen-bond acceptors (Lipinski definition) is 6. The molecule has 2 aliphatic rings. The van der Waals surface area contributed by atoms with Crippen molar-refractivity contribution < 1.29 is 18.5 Å². The molecule has 3 atom stereocenters. The molecule has 0 aromatic heterocycles. The maximum atomic E-state index is 13.0. The number of methoxy groups -OCH3 is 1. The van der Waals surface area contributed by atoms with Crippen LogP contribution in [0.3, 0.4) is 0 Å². The third-order valence-electron chi connectivity index (χ3n) is 5.78. The zero-order valence-corrected chi connectivity index (χ0v) is 18.0. The predicted molar refractivity (Wildman–Crippen MR) is 119 cm³/mol. The molecule has 2 aromatic carbocycles. The highest BCUT2D eigenvalue weighted by molar-refractivity contribution is 7.84. The maximum absolute atomic E-state index is 13.0. The van der Waals surface area contributed by atoms with Gasteiger partial charge in [0.25, 0.3) is 0 Å². The van der Waals surface area contributed by atoms with E-state index in [0.717, 1.165) is 25.2 Å². The van der Waals surface area contributed by atoms with Crippen LogP contribution in [0, 0.1) is 0 Å². The van der Waals surface area contributed by atoms with E-state index in [1.54, 1.807) is 31.6 Å². The molecule has 160 valence electrons. The van der Waals surface area contributed by atoms with E-state index in [2.05, 4.69) is 28.1 Å². The predicted octanol–water partition coefficient (Wildman–Crippen LogP) is 2.12. The van der Waals surface area contributed by atoms with Gasteiger partial charge in [0.05, 0.1) is 31.2 Å². The topological polar surface area (TPSA) is 88.7 Å². The average Bonchev–Trinajstić information content (AvgIpc) is 3.34. The molecular formula is C22H27N3O4S. The first-order valence-corrected chi connectivity index (χ1v) is 11.7. The van der Waals surface area contributed by atoms with Gasteiger partial charge < -0.3 is 25.4 Å². The Morgan fingerprint density at radius 3 is 2.90 bits per heavy atom. The second kappa shape index (κ2) is 8.65. The van der Waals surface area contributed by atoms with E-state index in [9.17, 15) is 9.00 Å². The van der Waals surface area contributed by atoms with Crippen molar-refractivity contribution in [3.63, 3.8) is 0 Å². The highest BCUT2D eigenvalue weighted by Crippen LogP contribution is 2.42. The van der Waals surface area contributed by atoms with Crippen LogP contribution < -0.4 is 25.4 Å². The average molecular weight is 430 g/mol. The number of ether oxygens (including phenoxy) is 2. The van der Waals surface area contributed by atoms with Crippen LogP contribution in [-0.4, -0.2) is 55.0 Å². The molecule has 3 N–H and O–H groups in total. The van der Waals surface area contributed by atoms with Crippen molar-refractivity contribution in [2.24, 2.45) is 0 Å². The van der Waals surface area contributed by atoms with Gasteiger partial charge in [0, 0.05) is 47.3 Å². The lowest BCUT2D eigenvalue weighted by molar-refractivity contribution is -0.117. The van der Waals surface area contributed by atoms with Gasteiger partial charge in [-0.1, -0.05) is 18.2 Å². The van der Waals surface area contributed by atoms with Crippen molar-refractivity contribution in [1.29, 1.82) is 0 Å². The van der Waals surface area contributed by atoms with Crippen molar-refractivity contribution in [2.45, 2.75) is 17.9 Å². The van der Waals surface area contributed by atoms with E-state index in [4.69, 9.17) is 9.47 Å². The Hall–Kier alpha value is -2.58. The van der Waals surface area contributed by atoms with Crippen molar-refractivity contribution in [3.8, 4) is 11.5 Å². The second-order valence-corrected chi connectivity index (χ2v) is 9.35. The summed E-state index contributed by atoms with van der Waals surface area (Å²) in [6, 6.07) is 13.3. The summed E-state index contributed by atoms with van der Waals surface area (Å²) in [4.78, 5) is 13.0. The zero-order valence-electron chi connectivity index (χ0n) is 17.2. The van der Waals surface area contributed by atoms with E-state index in [1.165, 1.54) is 5.56 Å². The number of benzene rings is 2. The quantitative estimate of drug-likeness (QED) is 0.625. The van der Waals surface area contributed by atoms with Gasteiger partial charge in [0.2, 0.25) is 5.91 Å². The molecule has 1 spiro atoms. The summed E-state index contributed by atoms with van der Waals surface area (Å²) >= 11 is 0. The monoisotopic (exact) mass is 429 g/mol. The molecule has 2 aromatic rings. The maximum Gasteiger partial charge on any atom is 0.241 e. The fraction of sp³-hybridized carbons (Fsp3) is 0.409. The Morgan fingerprint density at radius 1 is 1.27 bits per heavy atom. The fourth-order valence-corrected chi connectivity index (χ4v) is 4.52. The number of carbonyl (C=O) groups is 1. The van der Waals surface area contributed by atoms with Gasteiger partial charge in [-0.15, -0.1) is 0 Å². The Labute approximate surface area is 179 Å². The normalized spacial score (nSPS) is 22.9. The summed E-state index contributed by atoms with van der Waals surface area (Å²) in [6.07, 6.45) is 2.38. The highest BCUT2D eigenvalue weighted by Gasteiger charge is 2.46. The highest BCUT2D eigenvalue weighted by atomic mass is 32.2. The molecule has 0 bridgehead atoms. The number of rotatable bonds is 7. The molecule has 1 amide bonds. The fourth-order valence-electron chi connectivity index (χ4n) is 4.20. The third kappa shape index (κ3) is 4.15. The van der Waals surface area contributed by atoms with E-state index in [0.29, 0.717) is 29.5 Å². The molecule has 7 nitrogen and oxygen atoms in total. The van der Waals surface area contributed by atoms with Gasteiger partial charge in [-0.2, -0.15) is 0 Å². The first-order valence-electron chi connectivity index (χ1n) is 9.99. The molecular weight excluding hydrogens is 402 g/mol. The smallest absolute Gasteiger partial charge is 0.241 e. The minimum atomic E-state index is -0.902. The third-order valence-corrected chi connectivity index (χ3v) is 6.53. The molecule has 2 heterocycles. The van der Waals surface area contributed by atoms with Crippen LogP contribution in [0.5, 0.6) is 11.5 Å². The molecule has 2 aliphatic heterocycles. The summed E-state index contributed by atoms with van der Waals surface area (Å²) in [6.45, 7) is 1.96. The van der Waals surface area contributed by atoms with Crippen LogP contribution >= 0.6 is 0 Å². The number of para-hydroxylation sites is 1. The summed E-state index contributed by atoms with van der Waals surface area (Å²) < 4.78 is 22.2. The summed E-state index contributed by atoms with van der Waals surface area (Å²) in [7, 11) is 0.653. The second-order valence-electron chi connectivity index (χ2n) is 7.79. The van der Waals surface area contributed by atoms with Crippen LogP contribution in [0.15, 0.2) is 42.5 Å². The first-order chi connectivity index (χ1) is 14.5. The lowest BCUT2D eigenvalue weighted by Gasteiger charge is -2.22. The van der Waals surface area contributed by atoms with Gasteiger partial charge in [-0.3, -0.25) is 9.00 Å². The summed E-state index contributed by atoms with van der Waals surface area (Å²) in [5.41, 5.74) is 2.98. The summed E-state index contributed by atoms with van der Waals surface area (Å²) in [5.74, 6) is 1.53. The van der Waals surface area contributed by atoms with Crippen LogP contribution in [0.25, 0.3) is 0 Å². The molecule has 4 rings (SSSR count). The minimum absolute atomic E-state index is 0.0558. The molecule has 0 radical (unpaired) electrons. The largest absolute Gasteiger partial charge is 0.494 e. The SMILES string of the molecule is COc1cc(OCCS(C)=O)ccc1NC(=O)C1CC2(CNc3ccccc32)CN1. The van der Waals surface area contributed by atoms with Crippen LogP contribution in [0.1, 0.15) is 12.0 Å². The van der Waals surface area contributed by atoms with Crippen molar-refractivity contribution in [2.75, 3.05) is 49.4 Å². The van der Waals surface area contributed by atoms with Gasteiger partial charge in [0.1, 0.15) is 11.5 Å². The van der Waals surface area contributed by atoms with E-state index >= 15 is 0 Å². The summed E-state index contributed by atoms with van der Waals surface area (Å²) in [5, 5.41) is 9.84. The lowest BCUT2D eigenvalue weighted by Crippen LogP contribution is -2.35. The van der Waals surface area contributed by atoms with E-state index < -0.39 is 10.8 Å². The molecule has 1 fully saturated rings. The number of fused-ring (bicyclic) bond motifs is 2. The molecule has 0 aliphatic carbocycles. The first kappa shape index (κ1) is 20.7. The Morgan fingerprint density at radius 2 is 2.10 bits per heavy atom. The van der Waals surface area contributed by atoms with Crippen molar-refractivity contribution in [1.82, 2.24) is 5.32 Å². The van der Waals surface area contributed by atoms with Crippen molar-refractivity contribution >= 4 is 28.1 Å². The van der Waals surface area contributed by atoms with Gasteiger partial charge in [0.15, 0.2) is 0 Å². The molecule has 8 heteroatoms. The Balaban J connectivity index is 1.41. The molecule has 1 saturated heterocycles. The molecule has 30 heavy (non-hydrogen) atoms. The number of amides is 1. The van der Waals surface area contributed by atoms with Crippen LogP contribution in [-0.2, 0) is 21.0 Å².